The fourth-order valence-corrected chi connectivity index (χ4v) is 10.9. The molecule has 52 heavy (non-hydrogen) atoms. The standard InChI is InChI=1S/C39H38Cl2N4O6S/c1-17-22-14-19(40)8-11-28(22)52-33(17)26-16-29(43(6)42-26)44-35(48)24-15-23-20(9-10-21-30(23)36(49)45(34(21)47)38(2,3)4)31(39(24,5)37(44)50)18-12-25(41)32(46)27(13-18)51-7/h8-9,11-14,16,21,23-24,30-31,46H,10,15H2,1-7H3. The van der Waals surface area contributed by atoms with E-state index in [9.17, 15) is 19.5 Å². The fourth-order valence-electron chi connectivity index (χ4n) is 9.41. The van der Waals surface area contributed by atoms with Gasteiger partial charge in [-0.05, 0) is 100 Å². The minimum absolute atomic E-state index is 0.0295. The Morgan fingerprint density at radius 2 is 1.75 bits per heavy atom. The number of phenolic OH excluding ortho intramolecular Hbond substituents is 1. The number of fused-ring (bicyclic) bond motifs is 5. The minimum atomic E-state index is -1.32. The summed E-state index contributed by atoms with van der Waals surface area (Å²) in [6.45, 7) is 9.33. The van der Waals surface area contributed by atoms with Gasteiger partial charge in [0, 0.05) is 34.3 Å². The van der Waals surface area contributed by atoms with Gasteiger partial charge in [-0.25, -0.2) is 4.90 Å². The van der Waals surface area contributed by atoms with E-state index in [1.807, 2.05) is 52.0 Å². The molecule has 0 spiro atoms. The van der Waals surface area contributed by atoms with Crippen LogP contribution in [0.3, 0.4) is 0 Å². The molecule has 10 nitrogen and oxygen atoms in total. The number of anilines is 1. The van der Waals surface area contributed by atoms with Crippen LogP contribution < -0.4 is 9.64 Å². The van der Waals surface area contributed by atoms with E-state index in [-0.39, 0.29) is 34.8 Å². The number of carbonyl (C=O) groups excluding carboxylic acids is 4. The lowest BCUT2D eigenvalue weighted by Gasteiger charge is -2.49. The molecule has 3 fully saturated rings. The minimum Gasteiger partial charge on any atom is -0.503 e. The molecule has 8 rings (SSSR count). The van der Waals surface area contributed by atoms with E-state index in [1.165, 1.54) is 16.9 Å². The molecule has 4 heterocycles. The van der Waals surface area contributed by atoms with Crippen LogP contribution in [0.25, 0.3) is 20.7 Å². The molecule has 2 saturated heterocycles. The van der Waals surface area contributed by atoms with E-state index in [1.54, 1.807) is 48.2 Å². The molecule has 1 N–H and O–H groups in total. The van der Waals surface area contributed by atoms with E-state index in [4.69, 9.17) is 33.0 Å². The molecule has 6 unspecified atom stereocenters. The van der Waals surface area contributed by atoms with Crippen molar-refractivity contribution in [1.82, 2.24) is 14.7 Å². The highest BCUT2D eigenvalue weighted by atomic mass is 35.5. The van der Waals surface area contributed by atoms with E-state index in [2.05, 4.69) is 0 Å². The van der Waals surface area contributed by atoms with Gasteiger partial charge >= 0.3 is 0 Å². The molecule has 2 aromatic carbocycles. The Hall–Kier alpha value is -4.19. The number of amides is 4. The smallest absolute Gasteiger partial charge is 0.242 e. The Labute approximate surface area is 314 Å². The van der Waals surface area contributed by atoms with Crippen molar-refractivity contribution in [2.75, 3.05) is 12.0 Å². The number of aryl methyl sites for hydroxylation is 2. The molecular formula is C39H38Cl2N4O6S. The first-order valence-corrected chi connectivity index (χ1v) is 18.8. The molecule has 4 aliphatic rings. The largest absolute Gasteiger partial charge is 0.503 e. The topological polar surface area (TPSA) is 122 Å². The summed E-state index contributed by atoms with van der Waals surface area (Å²) in [5.74, 6) is -4.37. The molecule has 4 aromatic rings. The number of allylic oxidation sites excluding steroid dienone is 2. The maximum atomic E-state index is 15.1. The molecule has 0 radical (unpaired) electrons. The lowest BCUT2D eigenvalue weighted by Crippen LogP contribution is -2.49. The number of aromatic hydroxyl groups is 1. The van der Waals surface area contributed by atoms with Gasteiger partial charge in [-0.2, -0.15) is 5.10 Å². The van der Waals surface area contributed by atoms with Crippen LogP contribution in [0.5, 0.6) is 11.5 Å². The highest BCUT2D eigenvalue weighted by Crippen LogP contribution is 2.64. The maximum absolute atomic E-state index is 15.1. The van der Waals surface area contributed by atoms with Gasteiger partial charge in [-0.1, -0.05) is 34.9 Å². The molecule has 13 heteroatoms. The molecule has 2 aliphatic heterocycles. The van der Waals surface area contributed by atoms with Crippen molar-refractivity contribution < 1.29 is 29.0 Å². The van der Waals surface area contributed by atoms with Crippen molar-refractivity contribution in [3.63, 3.8) is 0 Å². The van der Waals surface area contributed by atoms with E-state index in [0.29, 0.717) is 28.5 Å². The highest BCUT2D eigenvalue weighted by Gasteiger charge is 2.68. The van der Waals surface area contributed by atoms with Crippen LogP contribution in [-0.2, 0) is 26.2 Å². The predicted molar refractivity (Wildman–Crippen MR) is 200 cm³/mol. The number of halogens is 2. The zero-order valence-electron chi connectivity index (χ0n) is 29.8. The van der Waals surface area contributed by atoms with Crippen LogP contribution in [0.2, 0.25) is 10.0 Å². The molecule has 2 aliphatic carbocycles. The predicted octanol–water partition coefficient (Wildman–Crippen LogP) is 7.66. The van der Waals surface area contributed by atoms with Crippen molar-refractivity contribution in [3.05, 3.63) is 69.2 Å². The van der Waals surface area contributed by atoms with Crippen LogP contribution in [0.15, 0.2) is 48.0 Å². The summed E-state index contributed by atoms with van der Waals surface area (Å²) < 4.78 is 8.09. The third kappa shape index (κ3) is 4.71. The monoisotopic (exact) mass is 760 g/mol. The molecule has 2 aromatic heterocycles. The zero-order valence-corrected chi connectivity index (χ0v) is 32.1. The highest BCUT2D eigenvalue weighted by molar-refractivity contribution is 7.22. The van der Waals surface area contributed by atoms with Gasteiger partial charge in [0.05, 0.1) is 40.2 Å². The molecular weight excluding hydrogens is 723 g/mol. The number of thiophene rings is 1. The molecule has 270 valence electrons. The van der Waals surface area contributed by atoms with Crippen molar-refractivity contribution >= 4 is 74.1 Å². The number of phenols is 1. The number of methoxy groups -OCH3 is 1. The second kappa shape index (κ2) is 11.7. The first-order chi connectivity index (χ1) is 24.5. The average molecular weight is 762 g/mol. The summed E-state index contributed by atoms with van der Waals surface area (Å²) >= 11 is 14.4. The Morgan fingerprint density at radius 1 is 1.02 bits per heavy atom. The van der Waals surface area contributed by atoms with Gasteiger partial charge in [0.2, 0.25) is 23.6 Å². The summed E-state index contributed by atoms with van der Waals surface area (Å²) in [4.78, 5) is 61.4. The molecule has 6 atom stereocenters. The second-order valence-electron chi connectivity index (χ2n) is 15.6. The quantitative estimate of drug-likeness (QED) is 0.168. The second-order valence-corrected chi connectivity index (χ2v) is 17.5. The molecule has 4 amide bonds. The Kier molecular flexibility index (Phi) is 7.82. The number of imide groups is 2. The molecule has 1 saturated carbocycles. The maximum Gasteiger partial charge on any atom is 0.242 e. The van der Waals surface area contributed by atoms with Crippen LogP contribution in [0, 0.1) is 36.0 Å². The number of aromatic nitrogens is 2. The number of hydrogen-bond donors (Lipinski definition) is 1. The van der Waals surface area contributed by atoms with Crippen molar-refractivity contribution in [1.29, 1.82) is 0 Å². The van der Waals surface area contributed by atoms with Gasteiger partial charge in [-0.3, -0.25) is 28.8 Å². The SMILES string of the molecule is COc1cc(C2C3=CCC4C(=O)N(C(C)(C)C)C(=O)C4C3CC3C(=O)N(c4cc(-c5sc6ccc(Cl)cc6c5C)nn4C)C(=O)C32C)cc(Cl)c1O. The lowest BCUT2D eigenvalue weighted by molar-refractivity contribution is -0.145. The number of likely N-dealkylation sites (tertiary alicyclic amines) is 1. The van der Waals surface area contributed by atoms with E-state index >= 15 is 4.79 Å². The number of hydrogen-bond acceptors (Lipinski definition) is 8. The van der Waals surface area contributed by atoms with Crippen molar-refractivity contribution in [2.24, 2.45) is 36.1 Å². The number of ether oxygens (including phenoxy) is 1. The van der Waals surface area contributed by atoms with Gasteiger partial charge in [0.1, 0.15) is 11.5 Å². The Morgan fingerprint density at radius 3 is 2.44 bits per heavy atom. The fraction of sp³-hybridized carbons (Fsp3) is 0.410. The van der Waals surface area contributed by atoms with Gasteiger partial charge in [0.15, 0.2) is 11.5 Å². The van der Waals surface area contributed by atoms with E-state index < -0.39 is 52.4 Å². The van der Waals surface area contributed by atoms with Gasteiger partial charge < -0.3 is 9.84 Å². The third-order valence-corrected chi connectivity index (χ3v) is 13.6. The average Bonchev–Trinajstić information content (AvgIpc) is 3.75. The van der Waals surface area contributed by atoms with Crippen LogP contribution in [0.1, 0.15) is 57.6 Å². The van der Waals surface area contributed by atoms with Crippen molar-refractivity contribution in [3.8, 4) is 22.1 Å². The Bertz CT molecular complexity index is 2300. The van der Waals surface area contributed by atoms with Gasteiger partial charge in [-0.15, -0.1) is 11.3 Å². The Balaban J connectivity index is 1.27. The van der Waals surface area contributed by atoms with Crippen molar-refractivity contribution in [2.45, 2.75) is 58.9 Å². The van der Waals surface area contributed by atoms with Crippen LogP contribution in [-0.4, -0.2) is 56.1 Å². The summed E-state index contributed by atoms with van der Waals surface area (Å²) in [5.41, 5.74) is 0.958. The summed E-state index contributed by atoms with van der Waals surface area (Å²) in [6, 6.07) is 10.7. The number of nitrogens with zero attached hydrogens (tertiary/aromatic N) is 4. The van der Waals surface area contributed by atoms with Gasteiger partial charge in [0.25, 0.3) is 0 Å². The van der Waals surface area contributed by atoms with E-state index in [0.717, 1.165) is 26.1 Å². The summed E-state index contributed by atoms with van der Waals surface area (Å²) in [6.07, 6.45) is 2.52. The first kappa shape index (κ1) is 34.9. The number of benzene rings is 2. The third-order valence-electron chi connectivity index (χ3n) is 11.8. The molecule has 0 bridgehead atoms. The lowest BCUT2D eigenvalue weighted by atomic mass is 9.51. The normalized spacial score (nSPS) is 27.3. The summed E-state index contributed by atoms with van der Waals surface area (Å²) in [5, 5.41) is 17.1. The number of rotatable bonds is 4. The number of carbonyl (C=O) groups is 4. The summed E-state index contributed by atoms with van der Waals surface area (Å²) in [7, 11) is 3.12. The van der Waals surface area contributed by atoms with Crippen LogP contribution in [0.4, 0.5) is 5.82 Å². The zero-order chi connectivity index (χ0) is 37.3. The van der Waals surface area contributed by atoms with Crippen LogP contribution >= 0.6 is 34.5 Å². The first-order valence-electron chi connectivity index (χ1n) is 17.2.